The molecule has 0 aliphatic carbocycles. The number of hydrogen-bond donors (Lipinski definition) is 1. The number of benzene rings is 1. The number of anilines is 1. The van der Waals surface area contributed by atoms with Crippen LogP contribution in [-0.2, 0) is 14.8 Å². The van der Waals surface area contributed by atoms with Crippen molar-refractivity contribution in [3.05, 3.63) is 29.3 Å². The molecule has 0 unspecified atom stereocenters. The standard InChI is InChI=1S/C17H29N3O3S/c1-13-8-9-16(12-14(13)2)20(24(6,22)23)15(3)17(21)18-10-7-11-19(4)5/h8-9,12,15H,7,10-11H2,1-6H3,(H,18,21)/t15-/m1/s1. The second-order valence-electron chi connectivity index (χ2n) is 6.45. The Hall–Kier alpha value is -1.60. The number of nitrogens with zero attached hydrogens (tertiary/aromatic N) is 2. The van der Waals surface area contributed by atoms with Crippen LogP contribution in [0.5, 0.6) is 0 Å². The van der Waals surface area contributed by atoms with Gasteiger partial charge in [-0.05, 0) is 71.1 Å². The average Bonchev–Trinajstić information content (AvgIpc) is 2.45. The fourth-order valence-corrected chi connectivity index (χ4v) is 3.59. The third kappa shape index (κ3) is 5.79. The van der Waals surface area contributed by atoms with Crippen molar-refractivity contribution >= 4 is 21.6 Å². The van der Waals surface area contributed by atoms with Crippen molar-refractivity contribution in [2.75, 3.05) is 37.7 Å². The van der Waals surface area contributed by atoms with Crippen molar-refractivity contribution < 1.29 is 13.2 Å². The summed E-state index contributed by atoms with van der Waals surface area (Å²) < 4.78 is 25.6. The monoisotopic (exact) mass is 355 g/mol. The summed E-state index contributed by atoms with van der Waals surface area (Å²) in [5.74, 6) is -0.294. The number of nitrogens with one attached hydrogen (secondary N) is 1. The Morgan fingerprint density at radius 1 is 1.21 bits per heavy atom. The lowest BCUT2D eigenvalue weighted by atomic mass is 10.1. The summed E-state index contributed by atoms with van der Waals surface area (Å²) in [6.45, 7) is 6.88. The first kappa shape index (κ1) is 20.4. The third-order valence-corrected chi connectivity index (χ3v) is 5.16. The molecule has 0 fully saturated rings. The number of carbonyl (C=O) groups excluding carboxylic acids is 1. The molecule has 1 atom stereocenters. The first-order chi connectivity index (χ1) is 11.0. The van der Waals surface area contributed by atoms with E-state index in [1.807, 2.05) is 38.9 Å². The number of carbonyl (C=O) groups is 1. The van der Waals surface area contributed by atoms with Gasteiger partial charge in [0.05, 0.1) is 11.9 Å². The van der Waals surface area contributed by atoms with Gasteiger partial charge < -0.3 is 10.2 Å². The lowest BCUT2D eigenvalue weighted by Crippen LogP contribution is -2.48. The minimum Gasteiger partial charge on any atom is -0.354 e. The molecule has 0 heterocycles. The van der Waals surface area contributed by atoms with Gasteiger partial charge in [-0.25, -0.2) is 8.42 Å². The van der Waals surface area contributed by atoms with E-state index < -0.39 is 16.1 Å². The van der Waals surface area contributed by atoms with Gasteiger partial charge in [0, 0.05) is 6.54 Å². The number of sulfonamides is 1. The zero-order valence-electron chi connectivity index (χ0n) is 15.5. The summed E-state index contributed by atoms with van der Waals surface area (Å²) in [6, 6.07) is 4.59. The van der Waals surface area contributed by atoms with Gasteiger partial charge in [-0.15, -0.1) is 0 Å². The largest absolute Gasteiger partial charge is 0.354 e. The molecular formula is C17H29N3O3S. The molecule has 6 nitrogen and oxygen atoms in total. The van der Waals surface area contributed by atoms with Crippen LogP contribution in [0.2, 0.25) is 0 Å². The Morgan fingerprint density at radius 2 is 1.83 bits per heavy atom. The Morgan fingerprint density at radius 3 is 2.33 bits per heavy atom. The molecule has 0 aromatic heterocycles. The molecule has 7 heteroatoms. The zero-order chi connectivity index (χ0) is 18.5. The molecule has 1 aromatic carbocycles. The highest BCUT2D eigenvalue weighted by Gasteiger charge is 2.29. The minimum atomic E-state index is -3.57. The highest BCUT2D eigenvalue weighted by atomic mass is 32.2. The molecule has 0 aliphatic rings. The van der Waals surface area contributed by atoms with Crippen LogP contribution in [0.4, 0.5) is 5.69 Å². The number of hydrogen-bond acceptors (Lipinski definition) is 4. The van der Waals surface area contributed by atoms with E-state index in [1.165, 1.54) is 4.31 Å². The molecule has 0 radical (unpaired) electrons. The smallest absolute Gasteiger partial charge is 0.243 e. The van der Waals surface area contributed by atoms with Crippen molar-refractivity contribution in [3.63, 3.8) is 0 Å². The van der Waals surface area contributed by atoms with Crippen molar-refractivity contribution in [2.45, 2.75) is 33.2 Å². The van der Waals surface area contributed by atoms with Gasteiger partial charge in [0.25, 0.3) is 0 Å². The van der Waals surface area contributed by atoms with Gasteiger partial charge >= 0.3 is 0 Å². The lowest BCUT2D eigenvalue weighted by Gasteiger charge is -2.28. The van der Waals surface area contributed by atoms with E-state index in [0.29, 0.717) is 12.2 Å². The molecule has 1 N–H and O–H groups in total. The number of aryl methyl sites for hydroxylation is 2. The molecule has 0 spiro atoms. The van der Waals surface area contributed by atoms with E-state index in [9.17, 15) is 13.2 Å². The van der Waals surface area contributed by atoms with E-state index in [1.54, 1.807) is 19.1 Å². The highest BCUT2D eigenvalue weighted by molar-refractivity contribution is 7.92. The fraction of sp³-hybridized carbons (Fsp3) is 0.588. The summed E-state index contributed by atoms with van der Waals surface area (Å²) in [7, 11) is 0.364. The van der Waals surface area contributed by atoms with Gasteiger partial charge in [-0.2, -0.15) is 0 Å². The van der Waals surface area contributed by atoms with Crippen molar-refractivity contribution in [1.29, 1.82) is 0 Å². The molecule has 0 saturated carbocycles. The molecule has 0 bridgehead atoms. The molecule has 0 aliphatic heterocycles. The predicted molar refractivity (Wildman–Crippen MR) is 98.9 cm³/mol. The minimum absolute atomic E-state index is 0.294. The molecule has 24 heavy (non-hydrogen) atoms. The van der Waals surface area contributed by atoms with Crippen LogP contribution in [0.25, 0.3) is 0 Å². The molecule has 1 amide bonds. The lowest BCUT2D eigenvalue weighted by molar-refractivity contribution is -0.121. The summed E-state index contributed by atoms with van der Waals surface area (Å²) in [4.78, 5) is 14.4. The van der Waals surface area contributed by atoms with Crippen molar-refractivity contribution in [3.8, 4) is 0 Å². The van der Waals surface area contributed by atoms with Crippen LogP contribution in [0, 0.1) is 13.8 Å². The second kappa shape index (κ2) is 8.48. The zero-order valence-corrected chi connectivity index (χ0v) is 16.3. The van der Waals surface area contributed by atoms with Gasteiger partial charge in [-0.1, -0.05) is 6.07 Å². The maximum atomic E-state index is 12.4. The fourth-order valence-electron chi connectivity index (χ4n) is 2.43. The summed E-state index contributed by atoms with van der Waals surface area (Å²) in [6.07, 6.45) is 1.94. The molecular weight excluding hydrogens is 326 g/mol. The summed E-state index contributed by atoms with van der Waals surface area (Å²) in [5, 5.41) is 2.81. The summed E-state index contributed by atoms with van der Waals surface area (Å²) in [5.41, 5.74) is 2.57. The Kier molecular flexibility index (Phi) is 7.23. The Labute approximate surface area is 145 Å². The van der Waals surface area contributed by atoms with Gasteiger partial charge in [0.2, 0.25) is 15.9 Å². The van der Waals surface area contributed by atoms with Crippen molar-refractivity contribution in [1.82, 2.24) is 10.2 Å². The van der Waals surface area contributed by atoms with Gasteiger partial charge in [-0.3, -0.25) is 9.10 Å². The molecule has 1 rings (SSSR count). The van der Waals surface area contributed by atoms with Crippen LogP contribution in [0.1, 0.15) is 24.5 Å². The number of amides is 1. The second-order valence-corrected chi connectivity index (χ2v) is 8.31. The topological polar surface area (TPSA) is 69.7 Å². The average molecular weight is 356 g/mol. The Bertz CT molecular complexity index is 672. The first-order valence-corrected chi connectivity index (χ1v) is 9.88. The molecule has 0 saturated heterocycles. The van der Waals surface area contributed by atoms with E-state index in [2.05, 4.69) is 5.32 Å². The van der Waals surface area contributed by atoms with Crippen LogP contribution in [0.3, 0.4) is 0 Å². The molecule has 1 aromatic rings. The Balaban J connectivity index is 2.92. The summed E-state index contributed by atoms with van der Waals surface area (Å²) >= 11 is 0. The van der Waals surface area contributed by atoms with Crippen LogP contribution >= 0.6 is 0 Å². The number of rotatable bonds is 8. The van der Waals surface area contributed by atoms with Crippen LogP contribution in [-0.4, -0.2) is 58.7 Å². The van der Waals surface area contributed by atoms with E-state index >= 15 is 0 Å². The highest BCUT2D eigenvalue weighted by Crippen LogP contribution is 2.23. The molecule has 136 valence electrons. The van der Waals surface area contributed by atoms with Crippen LogP contribution < -0.4 is 9.62 Å². The first-order valence-electron chi connectivity index (χ1n) is 8.03. The quantitative estimate of drug-likeness (QED) is 0.718. The van der Waals surface area contributed by atoms with Gasteiger partial charge in [0.1, 0.15) is 6.04 Å². The van der Waals surface area contributed by atoms with Crippen LogP contribution in [0.15, 0.2) is 18.2 Å². The van der Waals surface area contributed by atoms with Crippen molar-refractivity contribution in [2.24, 2.45) is 0 Å². The normalized spacial score (nSPS) is 13.0. The van der Waals surface area contributed by atoms with E-state index in [0.717, 1.165) is 30.3 Å². The maximum absolute atomic E-state index is 12.4. The van der Waals surface area contributed by atoms with Gasteiger partial charge in [0.15, 0.2) is 0 Å². The third-order valence-electron chi connectivity index (χ3n) is 3.91. The maximum Gasteiger partial charge on any atom is 0.243 e. The van der Waals surface area contributed by atoms with E-state index in [-0.39, 0.29) is 5.91 Å². The predicted octanol–water partition coefficient (Wildman–Crippen LogP) is 1.53. The SMILES string of the molecule is Cc1ccc(N([C@H](C)C(=O)NCCCN(C)C)S(C)(=O)=O)cc1C. The van der Waals surface area contributed by atoms with E-state index in [4.69, 9.17) is 0 Å².